The average Bonchev–Trinajstić information content (AvgIpc) is 2.22. The second-order valence-corrected chi connectivity index (χ2v) is 3.35. The molecule has 0 aromatic heterocycles. The number of amides is 1. The van der Waals surface area contributed by atoms with Gasteiger partial charge in [0, 0.05) is 12.2 Å². The number of hydrogen-bond donors (Lipinski definition) is 0. The largest absolute Gasteiger partial charge is 0.466 e. The van der Waals surface area contributed by atoms with Crippen LogP contribution in [0, 0.1) is 0 Å². The Balaban J connectivity index is 4.89. The van der Waals surface area contributed by atoms with Crippen molar-refractivity contribution in [1.82, 2.24) is 4.90 Å². The van der Waals surface area contributed by atoms with Crippen LogP contribution >= 0.6 is 0 Å². The van der Waals surface area contributed by atoms with Gasteiger partial charge >= 0.3 is 5.97 Å². The van der Waals surface area contributed by atoms with Gasteiger partial charge in [-0.1, -0.05) is 6.58 Å². The molecule has 15 heavy (non-hydrogen) atoms. The molecular weight excluding hydrogens is 194 g/mol. The molecule has 0 aromatic carbocycles. The first-order chi connectivity index (χ1) is 6.93. The van der Waals surface area contributed by atoms with Crippen LogP contribution in [0.2, 0.25) is 0 Å². The summed E-state index contributed by atoms with van der Waals surface area (Å²) in [4.78, 5) is 24.0. The van der Waals surface area contributed by atoms with Gasteiger partial charge in [-0.05, 0) is 26.8 Å². The Morgan fingerprint density at radius 2 is 1.93 bits per heavy atom. The summed E-state index contributed by atoms with van der Waals surface area (Å²) in [5.41, 5.74) is 0.376. The lowest BCUT2D eigenvalue weighted by molar-refractivity contribution is -0.136. The molecule has 0 aliphatic carbocycles. The monoisotopic (exact) mass is 211 g/mol. The Bertz CT molecular complexity index is 292. The Hall–Kier alpha value is -1.58. The fourth-order valence-electron chi connectivity index (χ4n) is 0.995. The molecule has 0 spiro atoms. The Morgan fingerprint density at radius 3 is 2.27 bits per heavy atom. The smallest absolute Gasteiger partial charge is 0.334 e. The summed E-state index contributed by atoms with van der Waals surface area (Å²) in [6, 6.07) is -0.0323. The molecule has 0 aliphatic heterocycles. The van der Waals surface area contributed by atoms with Crippen LogP contribution in [-0.2, 0) is 14.3 Å². The zero-order chi connectivity index (χ0) is 12.0. The van der Waals surface area contributed by atoms with E-state index in [0.29, 0.717) is 5.57 Å². The summed E-state index contributed by atoms with van der Waals surface area (Å²) >= 11 is 0. The lowest BCUT2D eigenvalue weighted by Crippen LogP contribution is -2.31. The van der Waals surface area contributed by atoms with Crippen molar-refractivity contribution in [2.24, 2.45) is 0 Å². The van der Waals surface area contributed by atoms with E-state index in [1.54, 1.807) is 6.92 Å². The average molecular weight is 211 g/mol. The molecule has 0 fully saturated rings. The Labute approximate surface area is 90.2 Å². The number of methoxy groups -OCH3 is 1. The highest BCUT2D eigenvalue weighted by Gasteiger charge is 2.13. The third kappa shape index (κ3) is 3.97. The molecule has 0 saturated carbocycles. The van der Waals surface area contributed by atoms with Crippen molar-refractivity contribution in [1.29, 1.82) is 0 Å². The quantitative estimate of drug-likeness (QED) is 0.522. The van der Waals surface area contributed by atoms with Crippen molar-refractivity contribution in [3.05, 3.63) is 24.4 Å². The first kappa shape index (κ1) is 13.4. The number of carbonyl (C=O) groups excluding carboxylic acids is 2. The molecule has 0 aliphatic rings. The van der Waals surface area contributed by atoms with Crippen molar-refractivity contribution in [2.75, 3.05) is 7.11 Å². The lowest BCUT2D eigenvalue weighted by atomic mass is 10.2. The van der Waals surface area contributed by atoms with E-state index in [4.69, 9.17) is 0 Å². The molecule has 0 unspecified atom stereocenters. The molecule has 4 nitrogen and oxygen atoms in total. The molecule has 84 valence electrons. The zero-order valence-corrected chi connectivity index (χ0v) is 9.61. The number of ether oxygens (including phenoxy) is 1. The first-order valence-electron chi connectivity index (χ1n) is 4.65. The van der Waals surface area contributed by atoms with Crippen LogP contribution in [0.5, 0.6) is 0 Å². The van der Waals surface area contributed by atoms with Crippen molar-refractivity contribution in [3.63, 3.8) is 0 Å². The third-order valence-corrected chi connectivity index (χ3v) is 1.83. The zero-order valence-electron chi connectivity index (χ0n) is 9.61. The molecule has 0 N–H and O–H groups in total. The van der Waals surface area contributed by atoms with Crippen LogP contribution in [-0.4, -0.2) is 29.9 Å². The SMILES string of the molecule is C=CC(=O)N(/C=C(\C)C(=O)OC)C(C)C. The minimum Gasteiger partial charge on any atom is -0.466 e. The fraction of sp³-hybridized carbons (Fsp3) is 0.455. The molecule has 0 atom stereocenters. The highest BCUT2D eigenvalue weighted by molar-refractivity contribution is 5.91. The van der Waals surface area contributed by atoms with Gasteiger partial charge in [-0.2, -0.15) is 0 Å². The highest BCUT2D eigenvalue weighted by Crippen LogP contribution is 2.05. The van der Waals surface area contributed by atoms with Gasteiger partial charge < -0.3 is 9.64 Å². The standard InChI is InChI=1S/C11H17NO3/c1-6-10(13)12(8(2)3)7-9(4)11(14)15-5/h6-8H,1H2,2-5H3/b9-7+. The van der Waals surface area contributed by atoms with Gasteiger partial charge in [0.25, 0.3) is 0 Å². The minimum absolute atomic E-state index is 0.0323. The van der Waals surface area contributed by atoms with Gasteiger partial charge in [-0.15, -0.1) is 0 Å². The molecule has 0 heterocycles. The van der Waals surface area contributed by atoms with Crippen molar-refractivity contribution < 1.29 is 14.3 Å². The molecule has 0 aromatic rings. The maximum absolute atomic E-state index is 11.4. The van der Waals surface area contributed by atoms with E-state index < -0.39 is 5.97 Å². The molecule has 1 amide bonds. The van der Waals surface area contributed by atoms with Crippen molar-refractivity contribution >= 4 is 11.9 Å². The predicted octanol–water partition coefficient (Wildman–Crippen LogP) is 1.49. The van der Waals surface area contributed by atoms with E-state index in [2.05, 4.69) is 11.3 Å². The minimum atomic E-state index is -0.447. The number of hydrogen-bond acceptors (Lipinski definition) is 3. The molecule has 4 heteroatoms. The second kappa shape index (κ2) is 6.01. The Morgan fingerprint density at radius 1 is 1.40 bits per heavy atom. The summed E-state index contributed by atoms with van der Waals surface area (Å²) in [6.07, 6.45) is 2.68. The first-order valence-corrected chi connectivity index (χ1v) is 4.65. The summed E-state index contributed by atoms with van der Waals surface area (Å²) in [5.74, 6) is -0.689. The second-order valence-electron chi connectivity index (χ2n) is 3.35. The van der Waals surface area contributed by atoms with E-state index in [1.165, 1.54) is 24.3 Å². The molecule has 0 rings (SSSR count). The van der Waals surface area contributed by atoms with Gasteiger partial charge in [-0.25, -0.2) is 4.79 Å². The van der Waals surface area contributed by atoms with Crippen LogP contribution < -0.4 is 0 Å². The van der Waals surface area contributed by atoms with Crippen LogP contribution in [0.3, 0.4) is 0 Å². The molecule has 0 radical (unpaired) electrons. The molecule has 0 bridgehead atoms. The summed E-state index contributed by atoms with van der Waals surface area (Å²) in [7, 11) is 1.30. The molecular formula is C11H17NO3. The van der Waals surface area contributed by atoms with Gasteiger partial charge in [0.15, 0.2) is 0 Å². The number of rotatable bonds is 4. The number of carbonyl (C=O) groups is 2. The van der Waals surface area contributed by atoms with E-state index in [9.17, 15) is 9.59 Å². The van der Waals surface area contributed by atoms with Crippen LogP contribution in [0.15, 0.2) is 24.4 Å². The van der Waals surface area contributed by atoms with Gasteiger partial charge in [0.1, 0.15) is 0 Å². The highest BCUT2D eigenvalue weighted by atomic mass is 16.5. The van der Waals surface area contributed by atoms with Crippen molar-refractivity contribution in [2.45, 2.75) is 26.8 Å². The van der Waals surface area contributed by atoms with Gasteiger partial charge in [0.05, 0.1) is 12.7 Å². The lowest BCUT2D eigenvalue weighted by Gasteiger charge is -2.21. The van der Waals surface area contributed by atoms with Crippen molar-refractivity contribution in [3.8, 4) is 0 Å². The van der Waals surface area contributed by atoms with Crippen LogP contribution in [0.4, 0.5) is 0 Å². The third-order valence-electron chi connectivity index (χ3n) is 1.83. The predicted molar refractivity (Wildman–Crippen MR) is 58.0 cm³/mol. The normalized spacial score (nSPS) is 11.1. The summed E-state index contributed by atoms with van der Waals surface area (Å²) in [6.45, 7) is 8.69. The fourth-order valence-corrected chi connectivity index (χ4v) is 0.995. The topological polar surface area (TPSA) is 46.6 Å². The maximum atomic E-state index is 11.4. The molecule has 0 saturated heterocycles. The van der Waals surface area contributed by atoms with E-state index in [-0.39, 0.29) is 11.9 Å². The summed E-state index contributed by atoms with van der Waals surface area (Å²) in [5, 5.41) is 0. The van der Waals surface area contributed by atoms with E-state index in [0.717, 1.165) is 0 Å². The number of nitrogens with zero attached hydrogens (tertiary/aromatic N) is 1. The van der Waals surface area contributed by atoms with Gasteiger partial charge in [-0.3, -0.25) is 4.79 Å². The number of esters is 1. The Kier molecular flexibility index (Phi) is 5.37. The maximum Gasteiger partial charge on any atom is 0.334 e. The van der Waals surface area contributed by atoms with Gasteiger partial charge in [0.2, 0.25) is 5.91 Å². The van der Waals surface area contributed by atoms with Crippen LogP contribution in [0.25, 0.3) is 0 Å². The van der Waals surface area contributed by atoms with Crippen LogP contribution in [0.1, 0.15) is 20.8 Å². The summed E-state index contributed by atoms with van der Waals surface area (Å²) < 4.78 is 4.53. The van der Waals surface area contributed by atoms with E-state index >= 15 is 0 Å². The van der Waals surface area contributed by atoms with E-state index in [1.807, 2.05) is 13.8 Å².